The molecule has 3 rings (SSSR count). The Morgan fingerprint density at radius 2 is 2.04 bits per heavy atom. The Labute approximate surface area is 155 Å². The van der Waals surface area contributed by atoms with Crippen LogP contribution in [0.15, 0.2) is 35.7 Å². The summed E-state index contributed by atoms with van der Waals surface area (Å²) in [6, 6.07) is 10.6. The summed E-state index contributed by atoms with van der Waals surface area (Å²) < 4.78 is 12.2. The van der Waals surface area contributed by atoms with E-state index in [0.29, 0.717) is 5.92 Å². The lowest BCUT2D eigenvalue weighted by molar-refractivity contribution is 0.0708. The van der Waals surface area contributed by atoms with E-state index in [0.717, 1.165) is 17.9 Å². The minimum absolute atomic E-state index is 0. The van der Waals surface area contributed by atoms with Crippen molar-refractivity contribution in [2.75, 3.05) is 14.1 Å². The topological polar surface area (TPSA) is 21.7 Å². The van der Waals surface area contributed by atoms with Crippen molar-refractivity contribution in [1.29, 1.82) is 0 Å². The molecule has 2 aromatic rings. The van der Waals surface area contributed by atoms with Gasteiger partial charge in [-0.05, 0) is 58.8 Å². The lowest BCUT2D eigenvalue weighted by Crippen LogP contribution is -2.35. The van der Waals surface area contributed by atoms with Gasteiger partial charge in [0.2, 0.25) is 0 Å². The fourth-order valence-electron chi connectivity index (χ4n) is 2.95. The van der Waals surface area contributed by atoms with Gasteiger partial charge in [-0.15, -0.1) is 23.7 Å². The summed E-state index contributed by atoms with van der Waals surface area (Å²) in [7, 11) is 4.02. The quantitative estimate of drug-likeness (QED) is 0.697. The third-order valence-corrected chi connectivity index (χ3v) is 5.35. The SMILES string of the molecule is CC(Oc1ccc2c(c1)OC(C)(C)CC2c1cccs1)N(C)C.Cl. The van der Waals surface area contributed by atoms with Gasteiger partial charge in [0, 0.05) is 22.4 Å². The molecular weight excluding hydrogens is 342 g/mol. The van der Waals surface area contributed by atoms with Gasteiger partial charge in [-0.2, -0.15) is 0 Å². The number of hydrogen-bond acceptors (Lipinski definition) is 4. The lowest BCUT2D eigenvalue weighted by Gasteiger charge is -2.37. The van der Waals surface area contributed by atoms with E-state index in [2.05, 4.69) is 43.5 Å². The van der Waals surface area contributed by atoms with Crippen LogP contribution in [0.25, 0.3) is 0 Å². The van der Waals surface area contributed by atoms with Gasteiger partial charge in [-0.1, -0.05) is 12.1 Å². The molecular formula is C19H26ClNO2S. The Morgan fingerprint density at radius 1 is 1.29 bits per heavy atom. The van der Waals surface area contributed by atoms with Crippen LogP contribution in [-0.2, 0) is 0 Å². The summed E-state index contributed by atoms with van der Waals surface area (Å²) in [4.78, 5) is 3.44. The molecule has 2 heterocycles. The van der Waals surface area contributed by atoms with Gasteiger partial charge in [-0.25, -0.2) is 0 Å². The molecule has 0 spiro atoms. The van der Waals surface area contributed by atoms with Gasteiger partial charge in [0.05, 0.1) is 0 Å². The molecule has 0 fully saturated rings. The molecule has 2 unspecified atom stereocenters. The van der Waals surface area contributed by atoms with Crippen molar-refractivity contribution in [3.8, 4) is 11.5 Å². The van der Waals surface area contributed by atoms with Gasteiger partial charge in [-0.3, -0.25) is 4.90 Å². The lowest BCUT2D eigenvalue weighted by atomic mass is 9.83. The number of fused-ring (bicyclic) bond motifs is 1. The second kappa shape index (κ2) is 7.34. The average Bonchev–Trinajstić information content (AvgIpc) is 2.99. The van der Waals surface area contributed by atoms with Crippen molar-refractivity contribution >= 4 is 23.7 Å². The number of thiophene rings is 1. The molecule has 0 amide bonds. The second-order valence-corrected chi connectivity index (χ2v) is 7.99. The number of rotatable bonds is 4. The highest BCUT2D eigenvalue weighted by Crippen LogP contribution is 2.46. The summed E-state index contributed by atoms with van der Waals surface area (Å²) in [5, 5.41) is 2.15. The first-order valence-electron chi connectivity index (χ1n) is 8.05. The minimum Gasteiger partial charge on any atom is -0.487 e. The highest BCUT2D eigenvalue weighted by atomic mass is 35.5. The van der Waals surface area contributed by atoms with Crippen LogP contribution in [0.3, 0.4) is 0 Å². The maximum atomic E-state index is 6.24. The van der Waals surface area contributed by atoms with Crippen molar-refractivity contribution in [3.05, 3.63) is 46.2 Å². The van der Waals surface area contributed by atoms with Crippen LogP contribution >= 0.6 is 23.7 Å². The van der Waals surface area contributed by atoms with Crippen LogP contribution < -0.4 is 9.47 Å². The fourth-order valence-corrected chi connectivity index (χ4v) is 3.80. The Bertz CT molecular complexity index is 670. The van der Waals surface area contributed by atoms with E-state index in [1.807, 2.05) is 43.3 Å². The molecule has 2 atom stereocenters. The first-order chi connectivity index (χ1) is 10.9. The van der Waals surface area contributed by atoms with Crippen LogP contribution in [0.2, 0.25) is 0 Å². The number of benzene rings is 1. The summed E-state index contributed by atoms with van der Waals surface area (Å²) in [5.41, 5.74) is 1.09. The van der Waals surface area contributed by atoms with Crippen molar-refractivity contribution in [1.82, 2.24) is 4.90 Å². The summed E-state index contributed by atoms with van der Waals surface area (Å²) >= 11 is 1.82. The third-order valence-electron chi connectivity index (χ3n) is 4.36. The highest BCUT2D eigenvalue weighted by Gasteiger charge is 2.35. The number of hydrogen-bond donors (Lipinski definition) is 0. The monoisotopic (exact) mass is 367 g/mol. The maximum absolute atomic E-state index is 6.24. The van der Waals surface area contributed by atoms with Crippen molar-refractivity contribution < 1.29 is 9.47 Å². The predicted molar refractivity (Wildman–Crippen MR) is 103 cm³/mol. The van der Waals surface area contributed by atoms with E-state index in [9.17, 15) is 0 Å². The smallest absolute Gasteiger partial charge is 0.149 e. The molecule has 24 heavy (non-hydrogen) atoms. The van der Waals surface area contributed by atoms with Crippen LogP contribution in [0.5, 0.6) is 11.5 Å². The molecule has 1 aliphatic heterocycles. The summed E-state index contributed by atoms with van der Waals surface area (Å²) in [6.45, 7) is 6.36. The Balaban J connectivity index is 0.00000208. The molecule has 1 aliphatic rings. The number of nitrogens with zero attached hydrogens (tertiary/aromatic N) is 1. The molecule has 0 aliphatic carbocycles. The third kappa shape index (κ3) is 4.05. The van der Waals surface area contributed by atoms with Gasteiger partial charge in [0.15, 0.2) is 0 Å². The molecule has 1 aromatic carbocycles. The Kier molecular flexibility index (Phi) is 5.84. The molecule has 0 N–H and O–H groups in total. The first kappa shape index (κ1) is 19.1. The Hall–Kier alpha value is -1.23. The van der Waals surface area contributed by atoms with Crippen LogP contribution in [0.1, 0.15) is 43.6 Å². The normalized spacial score (nSPS) is 19.8. The van der Waals surface area contributed by atoms with Crippen molar-refractivity contribution in [2.45, 2.75) is 44.9 Å². The van der Waals surface area contributed by atoms with Gasteiger partial charge in [0.25, 0.3) is 0 Å². The van der Waals surface area contributed by atoms with Crippen LogP contribution in [0.4, 0.5) is 0 Å². The van der Waals surface area contributed by atoms with E-state index in [1.54, 1.807) is 0 Å². The molecule has 0 saturated heterocycles. The van der Waals surface area contributed by atoms with Crippen LogP contribution in [-0.4, -0.2) is 30.8 Å². The zero-order valence-electron chi connectivity index (χ0n) is 14.9. The van der Waals surface area contributed by atoms with E-state index >= 15 is 0 Å². The maximum Gasteiger partial charge on any atom is 0.149 e. The van der Waals surface area contributed by atoms with Crippen molar-refractivity contribution in [3.63, 3.8) is 0 Å². The first-order valence-corrected chi connectivity index (χ1v) is 8.93. The van der Waals surface area contributed by atoms with Crippen molar-refractivity contribution in [2.24, 2.45) is 0 Å². The van der Waals surface area contributed by atoms with E-state index in [-0.39, 0.29) is 24.2 Å². The van der Waals surface area contributed by atoms with Gasteiger partial charge in [0.1, 0.15) is 23.3 Å². The second-order valence-electron chi connectivity index (χ2n) is 7.01. The zero-order chi connectivity index (χ0) is 16.6. The molecule has 3 nitrogen and oxygen atoms in total. The zero-order valence-corrected chi connectivity index (χ0v) is 16.5. The van der Waals surface area contributed by atoms with E-state index in [1.165, 1.54) is 10.4 Å². The summed E-state index contributed by atoms with van der Waals surface area (Å²) in [5.74, 6) is 2.20. The molecule has 132 valence electrons. The number of halogens is 1. The Morgan fingerprint density at radius 3 is 2.67 bits per heavy atom. The van der Waals surface area contributed by atoms with E-state index in [4.69, 9.17) is 9.47 Å². The minimum atomic E-state index is -0.173. The molecule has 0 bridgehead atoms. The van der Waals surface area contributed by atoms with Crippen LogP contribution in [0, 0.1) is 0 Å². The molecule has 5 heteroatoms. The number of ether oxygens (including phenoxy) is 2. The highest BCUT2D eigenvalue weighted by molar-refractivity contribution is 7.10. The largest absolute Gasteiger partial charge is 0.487 e. The van der Waals surface area contributed by atoms with E-state index < -0.39 is 0 Å². The molecule has 0 radical (unpaired) electrons. The molecule has 0 saturated carbocycles. The summed E-state index contributed by atoms with van der Waals surface area (Å²) in [6.07, 6.45) is 1.02. The fraction of sp³-hybridized carbons (Fsp3) is 0.474. The predicted octanol–water partition coefficient (Wildman–Crippen LogP) is 5.15. The average molecular weight is 368 g/mol. The van der Waals surface area contributed by atoms with Gasteiger partial charge >= 0.3 is 0 Å². The molecule has 1 aromatic heterocycles. The van der Waals surface area contributed by atoms with Gasteiger partial charge < -0.3 is 9.47 Å². The standard InChI is InChI=1S/C19H25NO2S.ClH/c1-13(20(4)5)21-14-8-9-15-16(18-7-6-10-23-18)12-19(2,3)22-17(15)11-14;/h6-11,13,16H,12H2,1-5H3;1H.